The van der Waals surface area contributed by atoms with Crippen molar-refractivity contribution in [1.82, 2.24) is 5.32 Å². The minimum Gasteiger partial charge on any atom is -0.493 e. The fraction of sp³-hybridized carbons (Fsp3) is 0.429. The highest BCUT2D eigenvalue weighted by atomic mass is 35.5. The molecule has 0 aliphatic heterocycles. The van der Waals surface area contributed by atoms with E-state index in [2.05, 4.69) is 5.32 Å². The molecule has 0 aromatic heterocycles. The van der Waals surface area contributed by atoms with Crippen LogP contribution in [0.3, 0.4) is 0 Å². The summed E-state index contributed by atoms with van der Waals surface area (Å²) < 4.78 is 24.9. The quantitative estimate of drug-likeness (QED) is 0.712. The number of rotatable bonds is 7. The first-order chi connectivity index (χ1) is 12.3. The van der Waals surface area contributed by atoms with Gasteiger partial charge in [0.05, 0.1) is 7.11 Å². The van der Waals surface area contributed by atoms with E-state index in [4.69, 9.17) is 9.47 Å². The van der Waals surface area contributed by atoms with Crippen LogP contribution in [0.1, 0.15) is 43.2 Å². The van der Waals surface area contributed by atoms with E-state index in [1.807, 2.05) is 18.2 Å². The number of halogens is 2. The molecule has 1 N–H and O–H groups in total. The summed E-state index contributed by atoms with van der Waals surface area (Å²) in [4.78, 5) is 0. The zero-order chi connectivity index (χ0) is 17.5. The van der Waals surface area contributed by atoms with Gasteiger partial charge in [0, 0.05) is 18.2 Å². The maximum absolute atomic E-state index is 13.7. The highest BCUT2D eigenvalue weighted by Crippen LogP contribution is 2.29. The summed E-state index contributed by atoms with van der Waals surface area (Å²) in [6.07, 6.45) is 6.54. The first kappa shape index (κ1) is 20.5. The van der Waals surface area contributed by atoms with Gasteiger partial charge in [-0.2, -0.15) is 0 Å². The second kappa shape index (κ2) is 10.4. The fourth-order valence-corrected chi connectivity index (χ4v) is 3.28. The average Bonchev–Trinajstić information content (AvgIpc) is 2.67. The van der Waals surface area contributed by atoms with Gasteiger partial charge in [-0.1, -0.05) is 43.5 Å². The van der Waals surface area contributed by atoms with E-state index in [-0.39, 0.29) is 24.8 Å². The van der Waals surface area contributed by atoms with Crippen LogP contribution in [0.15, 0.2) is 42.5 Å². The summed E-state index contributed by atoms with van der Waals surface area (Å²) in [5, 5.41) is 3.63. The average molecular weight is 380 g/mol. The Kier molecular flexibility index (Phi) is 8.20. The molecule has 1 aliphatic rings. The van der Waals surface area contributed by atoms with Crippen LogP contribution < -0.4 is 14.8 Å². The fourth-order valence-electron chi connectivity index (χ4n) is 3.28. The van der Waals surface area contributed by atoms with E-state index in [1.54, 1.807) is 25.3 Å². The van der Waals surface area contributed by atoms with Crippen LogP contribution in [0.25, 0.3) is 0 Å². The van der Waals surface area contributed by atoms with Crippen molar-refractivity contribution in [1.29, 1.82) is 0 Å². The maximum Gasteiger partial charge on any atom is 0.161 e. The van der Waals surface area contributed by atoms with Crippen LogP contribution in [0.4, 0.5) is 4.39 Å². The molecule has 2 aromatic rings. The van der Waals surface area contributed by atoms with Gasteiger partial charge in [-0.25, -0.2) is 4.39 Å². The third kappa shape index (κ3) is 5.61. The van der Waals surface area contributed by atoms with Gasteiger partial charge in [-0.15, -0.1) is 12.4 Å². The van der Waals surface area contributed by atoms with Crippen molar-refractivity contribution in [3.63, 3.8) is 0 Å². The second-order valence-corrected chi connectivity index (χ2v) is 6.58. The second-order valence-electron chi connectivity index (χ2n) is 6.58. The summed E-state index contributed by atoms with van der Waals surface area (Å²) in [7, 11) is 1.63. The zero-order valence-electron chi connectivity index (χ0n) is 15.2. The van der Waals surface area contributed by atoms with Gasteiger partial charge in [-0.05, 0) is 36.6 Å². The van der Waals surface area contributed by atoms with Gasteiger partial charge < -0.3 is 14.8 Å². The summed E-state index contributed by atoms with van der Waals surface area (Å²) in [5.74, 6) is 1.06. The molecule has 1 aliphatic carbocycles. The molecule has 0 unspecified atom stereocenters. The number of nitrogens with one attached hydrogen (secondary N) is 1. The molecule has 0 radical (unpaired) electrons. The van der Waals surface area contributed by atoms with Gasteiger partial charge in [-0.3, -0.25) is 0 Å². The molecule has 3 nitrogen and oxygen atoms in total. The number of methoxy groups -OCH3 is 1. The van der Waals surface area contributed by atoms with Crippen LogP contribution in [0.2, 0.25) is 0 Å². The van der Waals surface area contributed by atoms with Crippen LogP contribution in [-0.2, 0) is 13.2 Å². The minimum absolute atomic E-state index is 0. The van der Waals surface area contributed by atoms with E-state index < -0.39 is 0 Å². The number of hydrogen-bond donors (Lipinski definition) is 1. The molecular weight excluding hydrogens is 353 g/mol. The molecule has 0 bridgehead atoms. The number of ether oxygens (including phenoxy) is 2. The highest BCUT2D eigenvalue weighted by Gasteiger charge is 2.13. The number of hydrogen-bond acceptors (Lipinski definition) is 3. The summed E-state index contributed by atoms with van der Waals surface area (Å²) >= 11 is 0. The Morgan fingerprint density at radius 1 is 1.04 bits per heavy atom. The summed E-state index contributed by atoms with van der Waals surface area (Å²) in [5.41, 5.74) is 1.70. The third-order valence-electron chi connectivity index (χ3n) is 4.77. The first-order valence-corrected chi connectivity index (χ1v) is 9.03. The Bertz CT molecular complexity index is 689. The lowest BCUT2D eigenvalue weighted by molar-refractivity contribution is 0.279. The standard InChI is InChI=1S/C21H26FNO2.ClH/c1-24-21-13-16(14-23-18-8-3-2-4-9-18)11-12-20(21)25-15-17-7-5-6-10-19(17)22;/h5-7,10-13,18,23H,2-4,8-9,14-15H2,1H3;1H. The lowest BCUT2D eigenvalue weighted by atomic mass is 9.95. The Morgan fingerprint density at radius 2 is 1.81 bits per heavy atom. The predicted molar refractivity (Wildman–Crippen MR) is 105 cm³/mol. The molecule has 3 rings (SSSR count). The van der Waals surface area contributed by atoms with Crippen molar-refractivity contribution in [2.45, 2.75) is 51.3 Å². The van der Waals surface area contributed by atoms with E-state index in [0.29, 0.717) is 23.1 Å². The third-order valence-corrected chi connectivity index (χ3v) is 4.77. The van der Waals surface area contributed by atoms with E-state index in [1.165, 1.54) is 43.7 Å². The van der Waals surface area contributed by atoms with Crippen molar-refractivity contribution < 1.29 is 13.9 Å². The first-order valence-electron chi connectivity index (χ1n) is 9.03. The van der Waals surface area contributed by atoms with Gasteiger partial charge in [0.25, 0.3) is 0 Å². The predicted octanol–water partition coefficient (Wildman–Crippen LogP) is 5.26. The molecule has 0 amide bonds. The van der Waals surface area contributed by atoms with Crippen molar-refractivity contribution >= 4 is 12.4 Å². The van der Waals surface area contributed by atoms with Crippen LogP contribution >= 0.6 is 12.4 Å². The van der Waals surface area contributed by atoms with Crippen molar-refractivity contribution in [3.8, 4) is 11.5 Å². The molecule has 0 heterocycles. The van der Waals surface area contributed by atoms with E-state index in [0.717, 1.165) is 6.54 Å². The smallest absolute Gasteiger partial charge is 0.161 e. The van der Waals surface area contributed by atoms with Crippen LogP contribution in [0.5, 0.6) is 11.5 Å². The summed E-state index contributed by atoms with van der Waals surface area (Å²) in [6.45, 7) is 1.01. The highest BCUT2D eigenvalue weighted by molar-refractivity contribution is 5.85. The van der Waals surface area contributed by atoms with Crippen molar-refractivity contribution in [2.75, 3.05) is 7.11 Å². The molecule has 0 spiro atoms. The van der Waals surface area contributed by atoms with Gasteiger partial charge in [0.15, 0.2) is 11.5 Å². The normalized spacial score (nSPS) is 14.5. The van der Waals surface area contributed by atoms with E-state index in [9.17, 15) is 4.39 Å². The summed E-state index contributed by atoms with van der Waals surface area (Å²) in [6, 6.07) is 13.2. The molecular formula is C21H27ClFNO2. The Hall–Kier alpha value is -1.78. The SMILES string of the molecule is COc1cc(CNC2CCCCC2)ccc1OCc1ccccc1F.Cl. The Balaban J connectivity index is 0.00000243. The van der Waals surface area contributed by atoms with Gasteiger partial charge >= 0.3 is 0 Å². The largest absolute Gasteiger partial charge is 0.493 e. The molecule has 142 valence electrons. The Labute approximate surface area is 161 Å². The van der Waals surface area contributed by atoms with Gasteiger partial charge in [0.1, 0.15) is 12.4 Å². The zero-order valence-corrected chi connectivity index (χ0v) is 16.0. The molecule has 26 heavy (non-hydrogen) atoms. The monoisotopic (exact) mass is 379 g/mol. The molecule has 0 saturated heterocycles. The molecule has 2 aromatic carbocycles. The van der Waals surface area contributed by atoms with Crippen molar-refractivity contribution in [2.24, 2.45) is 0 Å². The molecule has 1 fully saturated rings. The van der Waals surface area contributed by atoms with E-state index >= 15 is 0 Å². The molecule has 0 atom stereocenters. The lowest BCUT2D eigenvalue weighted by Crippen LogP contribution is -2.30. The van der Waals surface area contributed by atoms with Crippen LogP contribution in [-0.4, -0.2) is 13.2 Å². The number of benzene rings is 2. The topological polar surface area (TPSA) is 30.5 Å². The maximum atomic E-state index is 13.7. The molecule has 1 saturated carbocycles. The molecule has 5 heteroatoms. The Morgan fingerprint density at radius 3 is 2.54 bits per heavy atom. The lowest BCUT2D eigenvalue weighted by Gasteiger charge is -2.23. The van der Waals surface area contributed by atoms with Crippen LogP contribution in [0, 0.1) is 5.82 Å². The minimum atomic E-state index is -0.255. The van der Waals surface area contributed by atoms with Crippen molar-refractivity contribution in [3.05, 3.63) is 59.4 Å². The van der Waals surface area contributed by atoms with Gasteiger partial charge in [0.2, 0.25) is 0 Å².